The van der Waals surface area contributed by atoms with Crippen molar-refractivity contribution in [2.75, 3.05) is 0 Å². The standard InChI is InChI=1S/C25H42O2/c1-3-5-7-8-9-10-20-12-14-21(15-13-20)22-16-18-23(19-17-22)24(25(26)27)11-6-4-2/h4,6,11,20-23H,3,5,7-10,12-19H2,1-2H3,(H,26,27)/t20-,21-,22-,23-. The Morgan fingerprint density at radius 1 is 0.889 bits per heavy atom. The molecule has 0 aliphatic heterocycles. The van der Waals surface area contributed by atoms with Gasteiger partial charge in [-0.1, -0.05) is 76.5 Å². The Morgan fingerprint density at radius 3 is 2.04 bits per heavy atom. The number of carbonyl (C=O) groups is 1. The van der Waals surface area contributed by atoms with Crippen LogP contribution in [0.2, 0.25) is 0 Å². The van der Waals surface area contributed by atoms with Gasteiger partial charge < -0.3 is 5.11 Å². The van der Waals surface area contributed by atoms with E-state index in [4.69, 9.17) is 0 Å². The molecule has 0 spiro atoms. The summed E-state index contributed by atoms with van der Waals surface area (Å²) in [6.45, 7) is 4.23. The van der Waals surface area contributed by atoms with Crippen LogP contribution in [0.4, 0.5) is 0 Å². The third-order valence-corrected chi connectivity index (χ3v) is 7.20. The molecule has 0 amide bonds. The number of hydrogen-bond donors (Lipinski definition) is 1. The first-order chi connectivity index (χ1) is 13.2. The zero-order valence-electron chi connectivity index (χ0n) is 17.8. The lowest BCUT2D eigenvalue weighted by Crippen LogP contribution is -2.27. The van der Waals surface area contributed by atoms with Gasteiger partial charge in [0, 0.05) is 5.57 Å². The maximum atomic E-state index is 11.6. The number of hydrogen-bond acceptors (Lipinski definition) is 1. The van der Waals surface area contributed by atoms with Crippen LogP contribution in [0.3, 0.4) is 0 Å². The lowest BCUT2D eigenvalue weighted by atomic mass is 9.67. The fraction of sp³-hybridized carbons (Fsp3) is 0.800. The predicted octanol–water partition coefficient (Wildman–Crippen LogP) is 7.55. The van der Waals surface area contributed by atoms with Gasteiger partial charge in [-0.05, 0) is 69.1 Å². The van der Waals surface area contributed by atoms with Crippen LogP contribution in [0, 0.1) is 23.7 Å². The number of carboxylic acid groups (broad SMARTS) is 1. The summed E-state index contributed by atoms with van der Waals surface area (Å²) < 4.78 is 0. The molecular weight excluding hydrogens is 332 g/mol. The van der Waals surface area contributed by atoms with Crippen LogP contribution < -0.4 is 0 Å². The van der Waals surface area contributed by atoms with Crippen molar-refractivity contribution in [1.82, 2.24) is 0 Å². The smallest absolute Gasteiger partial charge is 0.331 e. The molecule has 2 heteroatoms. The average molecular weight is 375 g/mol. The molecule has 2 rings (SSSR count). The molecule has 2 nitrogen and oxygen atoms in total. The van der Waals surface area contributed by atoms with E-state index in [1.165, 1.54) is 77.0 Å². The quantitative estimate of drug-likeness (QED) is 0.243. The van der Waals surface area contributed by atoms with E-state index in [2.05, 4.69) is 6.92 Å². The van der Waals surface area contributed by atoms with Gasteiger partial charge in [0.25, 0.3) is 0 Å². The molecule has 0 aromatic carbocycles. The van der Waals surface area contributed by atoms with E-state index in [1.54, 1.807) is 0 Å². The Kier molecular flexibility index (Phi) is 10.2. The minimum atomic E-state index is -0.726. The lowest BCUT2D eigenvalue weighted by Gasteiger charge is -2.38. The highest BCUT2D eigenvalue weighted by Crippen LogP contribution is 2.43. The van der Waals surface area contributed by atoms with Gasteiger partial charge in [0.2, 0.25) is 0 Å². The average Bonchev–Trinajstić information content (AvgIpc) is 2.69. The van der Waals surface area contributed by atoms with E-state index in [1.807, 2.05) is 25.2 Å². The van der Waals surface area contributed by atoms with Gasteiger partial charge in [-0.25, -0.2) is 4.79 Å². The fourth-order valence-corrected chi connectivity index (χ4v) is 5.47. The summed E-state index contributed by atoms with van der Waals surface area (Å²) in [6.07, 6.45) is 24.5. The predicted molar refractivity (Wildman–Crippen MR) is 115 cm³/mol. The summed E-state index contributed by atoms with van der Waals surface area (Å²) in [4.78, 5) is 11.6. The van der Waals surface area contributed by atoms with Crippen LogP contribution in [0.15, 0.2) is 23.8 Å². The number of rotatable bonds is 10. The van der Waals surface area contributed by atoms with Gasteiger partial charge in [-0.15, -0.1) is 0 Å². The number of allylic oxidation sites excluding steroid dienone is 3. The monoisotopic (exact) mass is 374 g/mol. The van der Waals surface area contributed by atoms with Crippen LogP contribution in [0.25, 0.3) is 0 Å². The number of carboxylic acids is 1. The van der Waals surface area contributed by atoms with E-state index >= 15 is 0 Å². The van der Waals surface area contributed by atoms with E-state index in [0.717, 1.165) is 30.6 Å². The number of unbranched alkanes of at least 4 members (excludes halogenated alkanes) is 4. The van der Waals surface area contributed by atoms with E-state index in [9.17, 15) is 9.90 Å². The number of aliphatic carboxylic acids is 1. The first-order valence-corrected chi connectivity index (χ1v) is 11.7. The van der Waals surface area contributed by atoms with Crippen molar-refractivity contribution in [3.8, 4) is 0 Å². The van der Waals surface area contributed by atoms with Gasteiger partial charge in [0.15, 0.2) is 0 Å². The van der Waals surface area contributed by atoms with Crippen molar-refractivity contribution in [2.24, 2.45) is 23.7 Å². The maximum absolute atomic E-state index is 11.6. The van der Waals surface area contributed by atoms with Crippen molar-refractivity contribution in [1.29, 1.82) is 0 Å². The molecule has 1 N–H and O–H groups in total. The Morgan fingerprint density at radius 2 is 1.48 bits per heavy atom. The topological polar surface area (TPSA) is 37.3 Å². The van der Waals surface area contributed by atoms with Gasteiger partial charge in [-0.3, -0.25) is 0 Å². The van der Waals surface area contributed by atoms with Crippen LogP contribution in [0.1, 0.15) is 104 Å². The Hall–Kier alpha value is -1.05. The summed E-state index contributed by atoms with van der Waals surface area (Å²) in [5.74, 6) is 2.28. The van der Waals surface area contributed by atoms with Crippen molar-refractivity contribution in [2.45, 2.75) is 104 Å². The summed E-state index contributed by atoms with van der Waals surface area (Å²) in [5, 5.41) is 9.51. The molecule has 0 saturated heterocycles. The Bertz CT molecular complexity index is 475. The van der Waals surface area contributed by atoms with Crippen LogP contribution in [-0.2, 0) is 4.79 Å². The minimum Gasteiger partial charge on any atom is -0.478 e. The van der Waals surface area contributed by atoms with Crippen molar-refractivity contribution >= 4 is 5.97 Å². The van der Waals surface area contributed by atoms with Crippen molar-refractivity contribution < 1.29 is 9.90 Å². The Balaban J connectivity index is 1.69. The summed E-state index contributed by atoms with van der Waals surface area (Å²) >= 11 is 0. The van der Waals surface area contributed by atoms with Crippen LogP contribution in [-0.4, -0.2) is 11.1 Å². The van der Waals surface area contributed by atoms with Gasteiger partial charge in [0.1, 0.15) is 0 Å². The van der Waals surface area contributed by atoms with Crippen molar-refractivity contribution in [3.63, 3.8) is 0 Å². The maximum Gasteiger partial charge on any atom is 0.331 e. The molecule has 0 aromatic rings. The molecule has 0 aromatic heterocycles. The van der Waals surface area contributed by atoms with E-state index < -0.39 is 5.97 Å². The second-order valence-electron chi connectivity index (χ2n) is 9.05. The molecule has 0 radical (unpaired) electrons. The molecule has 0 unspecified atom stereocenters. The molecule has 0 bridgehead atoms. The molecule has 2 fully saturated rings. The van der Waals surface area contributed by atoms with Crippen LogP contribution >= 0.6 is 0 Å². The molecule has 2 aliphatic rings. The Labute approximate surface area is 167 Å². The van der Waals surface area contributed by atoms with E-state index in [0.29, 0.717) is 5.57 Å². The largest absolute Gasteiger partial charge is 0.478 e. The second kappa shape index (κ2) is 12.4. The van der Waals surface area contributed by atoms with Crippen LogP contribution in [0.5, 0.6) is 0 Å². The summed E-state index contributed by atoms with van der Waals surface area (Å²) in [7, 11) is 0. The third kappa shape index (κ3) is 7.47. The molecule has 0 heterocycles. The minimum absolute atomic E-state index is 0.259. The summed E-state index contributed by atoms with van der Waals surface area (Å²) in [5.41, 5.74) is 0.623. The second-order valence-corrected chi connectivity index (χ2v) is 9.05. The SMILES string of the molecule is CC=CC=C(C(=O)O)[C@H]1CC[C@H]([C@H]2CC[C@H](CCCCCCC)CC2)CC1. The lowest BCUT2D eigenvalue weighted by molar-refractivity contribution is -0.133. The highest BCUT2D eigenvalue weighted by Gasteiger charge is 2.32. The summed E-state index contributed by atoms with van der Waals surface area (Å²) in [6, 6.07) is 0. The molecule has 0 atom stereocenters. The first kappa shape index (κ1) is 22.2. The zero-order valence-corrected chi connectivity index (χ0v) is 17.8. The highest BCUT2D eigenvalue weighted by molar-refractivity contribution is 5.87. The molecule has 2 aliphatic carbocycles. The fourth-order valence-electron chi connectivity index (χ4n) is 5.47. The molecule has 27 heavy (non-hydrogen) atoms. The normalized spacial score (nSPS) is 29.9. The third-order valence-electron chi connectivity index (χ3n) is 7.20. The van der Waals surface area contributed by atoms with Gasteiger partial charge >= 0.3 is 5.97 Å². The highest BCUT2D eigenvalue weighted by atomic mass is 16.4. The zero-order chi connectivity index (χ0) is 19.5. The van der Waals surface area contributed by atoms with Crippen molar-refractivity contribution in [3.05, 3.63) is 23.8 Å². The first-order valence-electron chi connectivity index (χ1n) is 11.7. The van der Waals surface area contributed by atoms with Gasteiger partial charge in [0.05, 0.1) is 0 Å². The van der Waals surface area contributed by atoms with Gasteiger partial charge in [-0.2, -0.15) is 0 Å². The molecular formula is C25H42O2. The molecule has 2 saturated carbocycles. The molecule has 154 valence electrons. The van der Waals surface area contributed by atoms with E-state index in [-0.39, 0.29) is 5.92 Å².